The third-order valence-corrected chi connectivity index (χ3v) is 4.28. The van der Waals surface area contributed by atoms with E-state index in [1.165, 1.54) is 25.7 Å². The van der Waals surface area contributed by atoms with Gasteiger partial charge in [0.1, 0.15) is 0 Å². The van der Waals surface area contributed by atoms with Crippen LogP contribution in [-0.2, 0) is 4.74 Å². The minimum absolute atomic E-state index is 0.257. The molecule has 0 aromatic carbocycles. The molecule has 3 nitrogen and oxygen atoms in total. The Kier molecular flexibility index (Phi) is 4.11. The van der Waals surface area contributed by atoms with Gasteiger partial charge in [-0.1, -0.05) is 13.8 Å². The van der Waals surface area contributed by atoms with E-state index in [1.807, 2.05) is 0 Å². The number of hydrogen-bond acceptors (Lipinski definition) is 3. The predicted molar refractivity (Wildman–Crippen MR) is 71.3 cm³/mol. The smallest absolute Gasteiger partial charge is 0.0525 e. The zero-order valence-corrected chi connectivity index (χ0v) is 11.8. The van der Waals surface area contributed by atoms with E-state index < -0.39 is 0 Å². The quantitative estimate of drug-likeness (QED) is 0.794. The molecular weight excluding hydrogens is 212 g/mol. The lowest BCUT2D eigenvalue weighted by molar-refractivity contribution is 0.0549. The van der Waals surface area contributed by atoms with Gasteiger partial charge >= 0.3 is 0 Å². The van der Waals surface area contributed by atoms with E-state index in [1.54, 1.807) is 7.11 Å². The molecule has 2 bridgehead atoms. The second-order valence-corrected chi connectivity index (χ2v) is 6.78. The first-order valence-corrected chi connectivity index (χ1v) is 6.95. The minimum Gasteiger partial charge on any atom is -0.384 e. The molecule has 2 atom stereocenters. The monoisotopic (exact) mass is 240 g/mol. The third-order valence-electron chi connectivity index (χ3n) is 4.28. The van der Waals surface area contributed by atoms with Crippen molar-refractivity contribution in [3.63, 3.8) is 0 Å². The van der Waals surface area contributed by atoms with Crippen molar-refractivity contribution >= 4 is 0 Å². The Morgan fingerprint density at radius 1 is 1.24 bits per heavy atom. The number of nitrogens with one attached hydrogen (secondary N) is 1. The number of nitrogens with zero attached hydrogens (tertiary/aromatic N) is 1. The highest BCUT2D eigenvalue weighted by Crippen LogP contribution is 2.30. The third kappa shape index (κ3) is 3.43. The molecule has 0 aliphatic carbocycles. The maximum atomic E-state index is 5.31. The number of methoxy groups -OCH3 is 1. The standard InChI is InChI=1S/C14H28N2O/c1-14(2,10-17-4)9-16(3)13-7-11-5-6-12(8-13)15-11/h11-13,15H,5-10H2,1-4H3. The van der Waals surface area contributed by atoms with Gasteiger partial charge in [-0.05, 0) is 32.7 Å². The van der Waals surface area contributed by atoms with Gasteiger partial charge in [-0.15, -0.1) is 0 Å². The predicted octanol–water partition coefficient (Wildman–Crippen LogP) is 1.87. The molecule has 0 aromatic heterocycles. The number of hydrogen-bond donors (Lipinski definition) is 1. The maximum Gasteiger partial charge on any atom is 0.0525 e. The van der Waals surface area contributed by atoms with Gasteiger partial charge in [-0.2, -0.15) is 0 Å². The van der Waals surface area contributed by atoms with Crippen molar-refractivity contribution in [2.24, 2.45) is 5.41 Å². The summed E-state index contributed by atoms with van der Waals surface area (Å²) in [5, 5.41) is 3.71. The summed E-state index contributed by atoms with van der Waals surface area (Å²) in [5.41, 5.74) is 0.257. The van der Waals surface area contributed by atoms with Crippen molar-refractivity contribution in [3.8, 4) is 0 Å². The highest BCUT2D eigenvalue weighted by Gasteiger charge is 2.36. The van der Waals surface area contributed by atoms with E-state index in [-0.39, 0.29) is 5.41 Å². The van der Waals surface area contributed by atoms with Crippen LogP contribution in [0.4, 0.5) is 0 Å². The van der Waals surface area contributed by atoms with Crippen molar-refractivity contribution < 1.29 is 4.74 Å². The van der Waals surface area contributed by atoms with E-state index >= 15 is 0 Å². The van der Waals surface area contributed by atoms with Crippen molar-refractivity contribution in [3.05, 3.63) is 0 Å². The van der Waals surface area contributed by atoms with E-state index in [9.17, 15) is 0 Å². The maximum absolute atomic E-state index is 5.31. The number of piperidine rings is 1. The average molecular weight is 240 g/mol. The first-order valence-electron chi connectivity index (χ1n) is 6.95. The lowest BCUT2D eigenvalue weighted by Gasteiger charge is -2.39. The molecule has 2 rings (SSSR count). The summed E-state index contributed by atoms with van der Waals surface area (Å²) in [6, 6.07) is 2.34. The fraction of sp³-hybridized carbons (Fsp3) is 1.00. The number of fused-ring (bicyclic) bond motifs is 2. The molecule has 17 heavy (non-hydrogen) atoms. The van der Waals surface area contributed by atoms with Crippen LogP contribution in [0.1, 0.15) is 39.5 Å². The van der Waals surface area contributed by atoms with Gasteiger partial charge in [0.15, 0.2) is 0 Å². The molecule has 2 heterocycles. The molecule has 2 aliphatic heterocycles. The molecule has 0 saturated carbocycles. The van der Waals surface area contributed by atoms with Crippen LogP contribution in [0.2, 0.25) is 0 Å². The first kappa shape index (κ1) is 13.3. The van der Waals surface area contributed by atoms with Crippen LogP contribution in [0.3, 0.4) is 0 Å². The van der Waals surface area contributed by atoms with Crippen LogP contribution in [-0.4, -0.2) is 50.3 Å². The second kappa shape index (κ2) is 5.25. The molecule has 1 N–H and O–H groups in total. The Morgan fingerprint density at radius 3 is 2.35 bits per heavy atom. The largest absolute Gasteiger partial charge is 0.384 e. The van der Waals surface area contributed by atoms with E-state index in [4.69, 9.17) is 4.74 Å². The van der Waals surface area contributed by atoms with Gasteiger partial charge in [-0.3, -0.25) is 0 Å². The zero-order chi connectivity index (χ0) is 12.5. The van der Waals surface area contributed by atoms with Crippen LogP contribution in [0.25, 0.3) is 0 Å². The van der Waals surface area contributed by atoms with Crippen molar-refractivity contribution in [1.29, 1.82) is 0 Å². The molecule has 0 aromatic rings. The van der Waals surface area contributed by atoms with E-state index in [0.717, 1.165) is 31.3 Å². The highest BCUT2D eigenvalue weighted by atomic mass is 16.5. The Balaban J connectivity index is 1.85. The number of ether oxygens (including phenoxy) is 1. The fourth-order valence-electron chi connectivity index (χ4n) is 3.63. The Labute approximate surface area is 106 Å². The van der Waals surface area contributed by atoms with Crippen molar-refractivity contribution in [2.75, 3.05) is 27.3 Å². The normalized spacial score (nSPS) is 33.4. The second-order valence-electron chi connectivity index (χ2n) is 6.78. The Morgan fingerprint density at radius 2 is 1.82 bits per heavy atom. The summed E-state index contributed by atoms with van der Waals surface area (Å²) in [5.74, 6) is 0. The van der Waals surface area contributed by atoms with Crippen molar-refractivity contribution in [1.82, 2.24) is 10.2 Å². The molecule has 0 amide bonds. The van der Waals surface area contributed by atoms with Crippen LogP contribution in [0.15, 0.2) is 0 Å². The van der Waals surface area contributed by atoms with E-state index in [0.29, 0.717) is 0 Å². The number of rotatable bonds is 5. The minimum atomic E-state index is 0.257. The molecule has 2 aliphatic rings. The van der Waals surface area contributed by atoms with Crippen LogP contribution in [0.5, 0.6) is 0 Å². The lowest BCUT2D eigenvalue weighted by atomic mass is 9.91. The fourth-order valence-corrected chi connectivity index (χ4v) is 3.63. The molecule has 2 fully saturated rings. The van der Waals surface area contributed by atoms with E-state index in [2.05, 4.69) is 31.1 Å². The molecular formula is C14H28N2O. The molecule has 2 saturated heterocycles. The molecule has 3 heteroatoms. The van der Waals surface area contributed by atoms with Crippen molar-refractivity contribution in [2.45, 2.75) is 57.7 Å². The van der Waals surface area contributed by atoms with Gasteiger partial charge in [0.05, 0.1) is 6.61 Å². The SMILES string of the molecule is COCC(C)(C)CN(C)C1CC2CCC(C1)N2. The Hall–Kier alpha value is -0.120. The van der Waals surface area contributed by atoms with Crippen LogP contribution < -0.4 is 5.32 Å². The summed E-state index contributed by atoms with van der Waals surface area (Å²) >= 11 is 0. The van der Waals surface area contributed by atoms with Gasteiger partial charge in [0, 0.05) is 37.2 Å². The van der Waals surface area contributed by atoms with Crippen LogP contribution in [0, 0.1) is 5.41 Å². The van der Waals surface area contributed by atoms with Gasteiger partial charge in [0.25, 0.3) is 0 Å². The van der Waals surface area contributed by atoms with Crippen LogP contribution >= 0.6 is 0 Å². The lowest BCUT2D eigenvalue weighted by Crippen LogP contribution is -2.49. The summed E-state index contributed by atoms with van der Waals surface area (Å²) in [4.78, 5) is 2.56. The average Bonchev–Trinajstić information content (AvgIpc) is 2.56. The molecule has 0 spiro atoms. The zero-order valence-electron chi connectivity index (χ0n) is 11.8. The topological polar surface area (TPSA) is 24.5 Å². The molecule has 0 radical (unpaired) electrons. The van der Waals surface area contributed by atoms with Gasteiger partial charge in [0.2, 0.25) is 0 Å². The summed E-state index contributed by atoms with van der Waals surface area (Å²) in [6.45, 7) is 6.56. The molecule has 2 unspecified atom stereocenters. The highest BCUT2D eigenvalue weighted by molar-refractivity contribution is 4.95. The van der Waals surface area contributed by atoms with Gasteiger partial charge < -0.3 is 15.0 Å². The molecule has 100 valence electrons. The summed E-state index contributed by atoms with van der Waals surface area (Å²) in [6.07, 6.45) is 5.43. The first-order chi connectivity index (χ1) is 8.00. The Bertz CT molecular complexity index is 243. The van der Waals surface area contributed by atoms with Gasteiger partial charge in [-0.25, -0.2) is 0 Å². The summed E-state index contributed by atoms with van der Waals surface area (Å²) < 4.78 is 5.31. The summed E-state index contributed by atoms with van der Waals surface area (Å²) in [7, 11) is 4.08.